The molecule has 1 aliphatic heterocycles. The number of aromatic nitrogens is 2. The molecule has 0 aliphatic carbocycles. The summed E-state index contributed by atoms with van der Waals surface area (Å²) >= 11 is 2.06. The molecule has 0 saturated carbocycles. The van der Waals surface area contributed by atoms with Crippen LogP contribution in [-0.4, -0.2) is 40.1 Å². The van der Waals surface area contributed by atoms with Crippen LogP contribution in [0.5, 0.6) is 0 Å². The lowest BCUT2D eigenvalue weighted by molar-refractivity contribution is 0.544. The van der Waals surface area contributed by atoms with E-state index in [1.165, 1.54) is 0 Å². The van der Waals surface area contributed by atoms with Crippen molar-refractivity contribution in [2.75, 3.05) is 29.9 Å². The monoisotopic (exact) mass is 308 g/mol. The number of rotatable bonds is 3. The minimum absolute atomic E-state index is 0.0397. The highest BCUT2D eigenvalue weighted by Crippen LogP contribution is 2.30. The first-order valence-corrected chi connectivity index (χ1v) is 8.77. The van der Waals surface area contributed by atoms with E-state index in [9.17, 15) is 0 Å². The van der Waals surface area contributed by atoms with Gasteiger partial charge in [0.2, 0.25) is 0 Å². The molecule has 2 atom stereocenters. The summed E-state index contributed by atoms with van der Waals surface area (Å²) in [6.07, 6.45) is 0. The Hall–Kier alpha value is -0.970. The maximum absolute atomic E-state index is 4.85. The summed E-state index contributed by atoms with van der Waals surface area (Å²) in [5, 5.41) is 4.62. The molecule has 1 aliphatic rings. The predicted octanol–water partition coefficient (Wildman–Crippen LogP) is 3.54. The van der Waals surface area contributed by atoms with Crippen LogP contribution in [0.25, 0.3) is 0 Å². The minimum atomic E-state index is -0.0397. The molecule has 0 aromatic carbocycles. The van der Waals surface area contributed by atoms with Crippen molar-refractivity contribution in [1.82, 2.24) is 9.97 Å². The molecule has 2 unspecified atom stereocenters. The van der Waals surface area contributed by atoms with Crippen LogP contribution in [0.2, 0.25) is 0 Å². The van der Waals surface area contributed by atoms with E-state index in [-0.39, 0.29) is 5.41 Å². The lowest BCUT2D eigenvalue weighted by Crippen LogP contribution is -2.41. The summed E-state index contributed by atoms with van der Waals surface area (Å²) in [6, 6.07) is 2.09. The van der Waals surface area contributed by atoms with Crippen molar-refractivity contribution in [2.24, 2.45) is 0 Å². The smallest absolute Gasteiger partial charge is 0.138 e. The van der Waals surface area contributed by atoms with E-state index in [1.807, 2.05) is 0 Å². The fourth-order valence-electron chi connectivity index (χ4n) is 2.57. The average Bonchev–Trinajstić information content (AvgIpc) is 2.36. The molecular formula is C16H28N4S. The molecule has 118 valence electrons. The van der Waals surface area contributed by atoms with Crippen molar-refractivity contribution in [3.63, 3.8) is 0 Å². The summed E-state index contributed by atoms with van der Waals surface area (Å²) in [4.78, 5) is 11.9. The van der Waals surface area contributed by atoms with Crippen molar-refractivity contribution >= 4 is 23.4 Å². The minimum Gasteiger partial charge on any atom is -0.370 e. The summed E-state index contributed by atoms with van der Waals surface area (Å²) in [6.45, 7) is 16.2. The summed E-state index contributed by atoms with van der Waals surface area (Å²) in [7, 11) is 0. The highest BCUT2D eigenvalue weighted by atomic mass is 32.2. The van der Waals surface area contributed by atoms with Gasteiger partial charge in [-0.15, -0.1) is 0 Å². The van der Waals surface area contributed by atoms with Gasteiger partial charge in [-0.1, -0.05) is 34.6 Å². The molecular weight excluding hydrogens is 280 g/mol. The van der Waals surface area contributed by atoms with E-state index in [2.05, 4.69) is 74.6 Å². The van der Waals surface area contributed by atoms with Gasteiger partial charge < -0.3 is 10.2 Å². The van der Waals surface area contributed by atoms with Gasteiger partial charge in [0.25, 0.3) is 0 Å². The van der Waals surface area contributed by atoms with Gasteiger partial charge in [-0.25, -0.2) is 9.97 Å². The van der Waals surface area contributed by atoms with Crippen molar-refractivity contribution in [3.05, 3.63) is 11.9 Å². The van der Waals surface area contributed by atoms with E-state index in [0.717, 1.165) is 37.1 Å². The van der Waals surface area contributed by atoms with Crippen LogP contribution in [0.1, 0.15) is 47.4 Å². The van der Waals surface area contributed by atoms with E-state index in [0.29, 0.717) is 10.5 Å². The Labute approximate surface area is 133 Å². The second-order valence-corrected chi connectivity index (χ2v) is 8.76. The van der Waals surface area contributed by atoms with Gasteiger partial charge >= 0.3 is 0 Å². The second-order valence-electron chi connectivity index (χ2n) is 6.88. The third-order valence-corrected chi connectivity index (χ3v) is 4.71. The van der Waals surface area contributed by atoms with E-state index in [4.69, 9.17) is 4.98 Å². The van der Waals surface area contributed by atoms with Crippen molar-refractivity contribution in [1.29, 1.82) is 0 Å². The van der Waals surface area contributed by atoms with Gasteiger partial charge in [-0.05, 0) is 6.92 Å². The Bertz CT molecular complexity index is 474. The third-order valence-electron chi connectivity index (χ3n) is 3.48. The molecule has 5 heteroatoms. The molecule has 1 fully saturated rings. The first-order chi connectivity index (χ1) is 9.79. The predicted molar refractivity (Wildman–Crippen MR) is 93.6 cm³/mol. The molecule has 1 saturated heterocycles. The maximum Gasteiger partial charge on any atom is 0.138 e. The quantitative estimate of drug-likeness (QED) is 0.925. The van der Waals surface area contributed by atoms with E-state index in [1.54, 1.807) is 0 Å². The van der Waals surface area contributed by atoms with Crippen molar-refractivity contribution < 1.29 is 0 Å². The fraction of sp³-hybridized carbons (Fsp3) is 0.750. The zero-order valence-corrected chi connectivity index (χ0v) is 14.9. The molecule has 2 rings (SSSR count). The molecule has 21 heavy (non-hydrogen) atoms. The number of nitrogens with zero attached hydrogens (tertiary/aromatic N) is 3. The average molecular weight is 308 g/mol. The highest BCUT2D eigenvalue weighted by molar-refractivity contribution is 8.00. The number of hydrogen-bond donors (Lipinski definition) is 1. The first kappa shape index (κ1) is 16.4. The van der Waals surface area contributed by atoms with Gasteiger partial charge in [-0.2, -0.15) is 11.8 Å². The SMILES string of the molecule is CCNc1cc(N2CC(C)SC(C)C2)nc(C(C)(C)C)n1. The maximum atomic E-state index is 4.85. The second kappa shape index (κ2) is 6.42. The number of hydrogen-bond acceptors (Lipinski definition) is 5. The summed E-state index contributed by atoms with van der Waals surface area (Å²) < 4.78 is 0. The molecule has 4 nitrogen and oxygen atoms in total. The van der Waals surface area contributed by atoms with Crippen molar-refractivity contribution in [2.45, 2.75) is 57.5 Å². The van der Waals surface area contributed by atoms with Crippen LogP contribution in [-0.2, 0) is 5.41 Å². The standard InChI is InChI=1S/C16H28N4S/c1-7-17-13-8-14(19-15(18-13)16(4,5)6)20-9-11(2)21-12(3)10-20/h8,11-12H,7,9-10H2,1-6H3,(H,17,18,19). The first-order valence-electron chi connectivity index (χ1n) is 7.83. The molecule has 2 heterocycles. The summed E-state index contributed by atoms with van der Waals surface area (Å²) in [5.41, 5.74) is -0.0397. The van der Waals surface area contributed by atoms with Gasteiger partial charge in [0.15, 0.2) is 0 Å². The van der Waals surface area contributed by atoms with Crippen LogP contribution in [0.15, 0.2) is 6.07 Å². The zero-order valence-electron chi connectivity index (χ0n) is 14.1. The number of thioether (sulfide) groups is 1. The number of anilines is 2. The van der Waals surface area contributed by atoms with Crippen LogP contribution in [0.3, 0.4) is 0 Å². The van der Waals surface area contributed by atoms with Gasteiger partial charge in [0, 0.05) is 41.6 Å². The van der Waals surface area contributed by atoms with Crippen LogP contribution in [0.4, 0.5) is 11.6 Å². The van der Waals surface area contributed by atoms with Gasteiger partial charge in [0.1, 0.15) is 17.5 Å². The van der Waals surface area contributed by atoms with Gasteiger partial charge in [0.05, 0.1) is 0 Å². The van der Waals surface area contributed by atoms with Crippen LogP contribution in [0, 0.1) is 0 Å². The normalized spacial score (nSPS) is 23.2. The van der Waals surface area contributed by atoms with E-state index >= 15 is 0 Å². The third kappa shape index (κ3) is 4.25. The van der Waals surface area contributed by atoms with Crippen LogP contribution >= 0.6 is 11.8 Å². The van der Waals surface area contributed by atoms with Crippen molar-refractivity contribution in [3.8, 4) is 0 Å². The largest absolute Gasteiger partial charge is 0.370 e. The number of nitrogens with one attached hydrogen (secondary N) is 1. The molecule has 0 amide bonds. The lowest BCUT2D eigenvalue weighted by atomic mass is 9.96. The topological polar surface area (TPSA) is 41.0 Å². The van der Waals surface area contributed by atoms with Crippen LogP contribution < -0.4 is 10.2 Å². The fourth-order valence-corrected chi connectivity index (χ4v) is 3.89. The Morgan fingerprint density at radius 1 is 1.24 bits per heavy atom. The molecule has 1 aromatic heterocycles. The Morgan fingerprint density at radius 2 is 1.86 bits per heavy atom. The Kier molecular flexibility index (Phi) is 5.02. The summed E-state index contributed by atoms with van der Waals surface area (Å²) in [5.74, 6) is 2.91. The Morgan fingerprint density at radius 3 is 2.38 bits per heavy atom. The molecule has 1 N–H and O–H groups in total. The van der Waals surface area contributed by atoms with Gasteiger partial charge in [-0.3, -0.25) is 0 Å². The molecule has 0 spiro atoms. The Balaban J connectivity index is 2.35. The highest BCUT2D eigenvalue weighted by Gasteiger charge is 2.26. The zero-order chi connectivity index (χ0) is 15.6. The van der Waals surface area contributed by atoms with E-state index < -0.39 is 0 Å². The molecule has 1 aromatic rings. The molecule has 0 radical (unpaired) electrons. The lowest BCUT2D eigenvalue weighted by Gasteiger charge is -2.36. The molecule has 0 bridgehead atoms.